The summed E-state index contributed by atoms with van der Waals surface area (Å²) in [5.41, 5.74) is 2.69. The molecule has 174 valence electrons. The Labute approximate surface area is 197 Å². The molecule has 1 saturated heterocycles. The highest BCUT2D eigenvalue weighted by atomic mass is 16.5. The van der Waals surface area contributed by atoms with Gasteiger partial charge in [0.15, 0.2) is 5.82 Å². The predicted octanol–water partition coefficient (Wildman–Crippen LogP) is 2.75. The average Bonchev–Trinajstić information content (AvgIpc) is 3.55. The number of carbonyl (C=O) groups excluding carboxylic acids is 1. The van der Waals surface area contributed by atoms with Crippen molar-refractivity contribution in [3.8, 4) is 11.4 Å². The van der Waals surface area contributed by atoms with Crippen LogP contribution in [0.4, 0.5) is 0 Å². The molecule has 2 aromatic carbocycles. The van der Waals surface area contributed by atoms with Gasteiger partial charge in [-0.25, -0.2) is 0 Å². The zero-order valence-electron chi connectivity index (χ0n) is 19.1. The number of fused-ring (bicyclic) bond motifs is 1. The third-order valence-corrected chi connectivity index (χ3v) is 6.23. The SMILES string of the molecule is Cc1c(CC(=O)NC[C@H]2CCCO2)c(=O)n2nc(-c3ccccc3)nc2n1Cc1ccccc1. The lowest BCUT2D eigenvalue weighted by molar-refractivity contribution is -0.121. The molecule has 1 aliphatic rings. The van der Waals surface area contributed by atoms with Crippen LogP contribution >= 0.6 is 0 Å². The van der Waals surface area contributed by atoms with Crippen LogP contribution in [0.2, 0.25) is 0 Å². The predicted molar refractivity (Wildman–Crippen MR) is 129 cm³/mol. The molecule has 0 bridgehead atoms. The van der Waals surface area contributed by atoms with E-state index in [2.05, 4.69) is 10.4 Å². The van der Waals surface area contributed by atoms with Crippen molar-refractivity contribution < 1.29 is 9.53 Å². The summed E-state index contributed by atoms with van der Waals surface area (Å²) < 4.78 is 8.86. The van der Waals surface area contributed by atoms with Crippen molar-refractivity contribution >= 4 is 11.7 Å². The van der Waals surface area contributed by atoms with Gasteiger partial charge in [-0.3, -0.25) is 9.59 Å². The van der Waals surface area contributed by atoms with Crippen molar-refractivity contribution in [2.24, 2.45) is 0 Å². The molecule has 1 N–H and O–H groups in total. The first-order valence-corrected chi connectivity index (χ1v) is 11.6. The summed E-state index contributed by atoms with van der Waals surface area (Å²) in [4.78, 5) is 30.9. The molecule has 0 spiro atoms. The molecule has 2 aromatic heterocycles. The Morgan fingerprint density at radius 3 is 2.56 bits per heavy atom. The molecular formula is C26H27N5O3. The lowest BCUT2D eigenvalue weighted by atomic mass is 10.1. The normalized spacial score (nSPS) is 15.6. The van der Waals surface area contributed by atoms with Crippen molar-refractivity contribution in [2.45, 2.75) is 38.8 Å². The maximum absolute atomic E-state index is 13.4. The third-order valence-electron chi connectivity index (χ3n) is 6.23. The van der Waals surface area contributed by atoms with Crippen LogP contribution in [0.3, 0.4) is 0 Å². The Kier molecular flexibility index (Phi) is 6.22. The summed E-state index contributed by atoms with van der Waals surface area (Å²) in [6.07, 6.45) is 1.97. The summed E-state index contributed by atoms with van der Waals surface area (Å²) in [5.74, 6) is 0.720. The molecule has 1 atom stereocenters. The highest BCUT2D eigenvalue weighted by Crippen LogP contribution is 2.18. The van der Waals surface area contributed by atoms with E-state index >= 15 is 0 Å². The minimum atomic E-state index is -0.321. The minimum absolute atomic E-state index is 0.0252. The van der Waals surface area contributed by atoms with Crippen molar-refractivity contribution in [3.05, 3.63) is 87.8 Å². The standard InChI is InChI=1S/C26H27N5O3/c1-18-22(15-23(32)27-16-21-13-8-14-34-21)25(33)31-26(30(18)17-19-9-4-2-5-10-19)28-24(29-31)20-11-6-3-7-12-20/h2-7,9-12,21H,8,13-17H2,1H3,(H,27,32)/t21-/m1/s1. The number of ether oxygens (including phenoxy) is 1. The van der Waals surface area contributed by atoms with Crippen LogP contribution in [0.25, 0.3) is 17.2 Å². The molecular weight excluding hydrogens is 430 g/mol. The molecule has 8 nitrogen and oxygen atoms in total. The summed E-state index contributed by atoms with van der Waals surface area (Å²) in [7, 11) is 0. The Morgan fingerprint density at radius 2 is 1.85 bits per heavy atom. The zero-order valence-corrected chi connectivity index (χ0v) is 19.1. The lowest BCUT2D eigenvalue weighted by Crippen LogP contribution is -2.35. The fourth-order valence-corrected chi connectivity index (χ4v) is 4.33. The maximum Gasteiger partial charge on any atom is 0.279 e. The largest absolute Gasteiger partial charge is 0.376 e. The van der Waals surface area contributed by atoms with E-state index in [0.29, 0.717) is 35.9 Å². The smallest absolute Gasteiger partial charge is 0.279 e. The van der Waals surface area contributed by atoms with Crippen LogP contribution in [0, 0.1) is 6.92 Å². The summed E-state index contributed by atoms with van der Waals surface area (Å²) >= 11 is 0. The third kappa shape index (κ3) is 4.49. The minimum Gasteiger partial charge on any atom is -0.376 e. The van der Waals surface area contributed by atoms with Gasteiger partial charge in [-0.1, -0.05) is 60.7 Å². The molecule has 1 fully saturated rings. The Bertz CT molecular complexity index is 1360. The van der Waals surface area contributed by atoms with Crippen LogP contribution in [0.1, 0.15) is 29.7 Å². The van der Waals surface area contributed by atoms with Crippen molar-refractivity contribution in [2.75, 3.05) is 13.2 Å². The van der Waals surface area contributed by atoms with Crippen molar-refractivity contribution in [1.29, 1.82) is 0 Å². The van der Waals surface area contributed by atoms with Gasteiger partial charge in [0.25, 0.3) is 5.56 Å². The molecule has 4 aromatic rings. The first-order chi connectivity index (χ1) is 16.6. The quantitative estimate of drug-likeness (QED) is 0.461. The van der Waals surface area contributed by atoms with Gasteiger partial charge in [-0.05, 0) is 25.3 Å². The molecule has 3 heterocycles. The number of aromatic nitrogens is 4. The molecule has 34 heavy (non-hydrogen) atoms. The number of hydrogen-bond donors (Lipinski definition) is 1. The highest BCUT2D eigenvalue weighted by Gasteiger charge is 2.22. The number of nitrogens with zero attached hydrogens (tertiary/aromatic N) is 4. The molecule has 0 saturated carbocycles. The van der Waals surface area contributed by atoms with Gasteiger partial charge in [-0.15, -0.1) is 5.10 Å². The molecule has 0 radical (unpaired) electrons. The van der Waals surface area contributed by atoms with E-state index in [1.807, 2.05) is 72.2 Å². The molecule has 0 unspecified atom stereocenters. The van der Waals surface area contributed by atoms with E-state index in [-0.39, 0.29) is 24.0 Å². The van der Waals surface area contributed by atoms with Crippen LogP contribution in [0.15, 0.2) is 65.5 Å². The van der Waals surface area contributed by atoms with Crippen LogP contribution in [-0.2, 0) is 22.5 Å². The Balaban J connectivity index is 1.54. The van der Waals surface area contributed by atoms with E-state index < -0.39 is 0 Å². The molecule has 1 aliphatic heterocycles. The summed E-state index contributed by atoms with van der Waals surface area (Å²) in [6, 6.07) is 19.5. The van der Waals surface area contributed by atoms with Crippen molar-refractivity contribution in [1.82, 2.24) is 24.5 Å². The fraction of sp³-hybridized carbons (Fsp3) is 0.308. The first-order valence-electron chi connectivity index (χ1n) is 11.6. The van der Waals surface area contributed by atoms with E-state index in [1.54, 1.807) is 0 Å². The number of rotatable bonds is 7. The van der Waals surface area contributed by atoms with Gasteiger partial charge in [0, 0.05) is 30.0 Å². The van der Waals surface area contributed by atoms with Crippen LogP contribution in [-0.4, -0.2) is 44.3 Å². The van der Waals surface area contributed by atoms with Gasteiger partial charge in [-0.2, -0.15) is 9.50 Å². The number of hydrogen-bond acceptors (Lipinski definition) is 5. The average molecular weight is 458 g/mol. The van der Waals surface area contributed by atoms with Crippen LogP contribution < -0.4 is 10.9 Å². The summed E-state index contributed by atoms with van der Waals surface area (Å²) in [5, 5.41) is 7.44. The molecule has 1 amide bonds. The molecule has 0 aliphatic carbocycles. The van der Waals surface area contributed by atoms with Gasteiger partial charge in [0.05, 0.1) is 19.1 Å². The highest BCUT2D eigenvalue weighted by molar-refractivity contribution is 5.78. The number of nitrogens with one attached hydrogen (secondary N) is 1. The topological polar surface area (TPSA) is 90.5 Å². The second kappa shape index (κ2) is 9.61. The van der Waals surface area contributed by atoms with E-state index in [0.717, 1.165) is 30.6 Å². The molecule has 5 rings (SSSR count). The van der Waals surface area contributed by atoms with Crippen molar-refractivity contribution in [3.63, 3.8) is 0 Å². The van der Waals surface area contributed by atoms with Gasteiger partial charge < -0.3 is 14.6 Å². The van der Waals surface area contributed by atoms with E-state index in [1.165, 1.54) is 4.52 Å². The Hall–Kier alpha value is -3.78. The monoisotopic (exact) mass is 457 g/mol. The second-order valence-corrected chi connectivity index (χ2v) is 8.57. The Morgan fingerprint density at radius 1 is 1.12 bits per heavy atom. The van der Waals surface area contributed by atoms with E-state index in [9.17, 15) is 9.59 Å². The second-order valence-electron chi connectivity index (χ2n) is 8.57. The molecule has 8 heteroatoms. The van der Waals surface area contributed by atoms with Gasteiger partial charge in [0.2, 0.25) is 11.7 Å². The summed E-state index contributed by atoms with van der Waals surface area (Å²) in [6.45, 7) is 3.56. The van der Waals surface area contributed by atoms with Crippen LogP contribution in [0.5, 0.6) is 0 Å². The lowest BCUT2D eigenvalue weighted by Gasteiger charge is -2.16. The number of amides is 1. The number of benzene rings is 2. The fourth-order valence-electron chi connectivity index (χ4n) is 4.33. The zero-order chi connectivity index (χ0) is 23.5. The van der Waals surface area contributed by atoms with Gasteiger partial charge >= 0.3 is 0 Å². The van der Waals surface area contributed by atoms with E-state index in [4.69, 9.17) is 9.72 Å². The number of carbonyl (C=O) groups is 1. The maximum atomic E-state index is 13.4. The first kappa shape index (κ1) is 22.0. The van der Waals surface area contributed by atoms with Gasteiger partial charge in [0.1, 0.15) is 0 Å².